The number of methoxy groups -OCH3 is 2. The van der Waals surface area contributed by atoms with E-state index in [1.54, 1.807) is 92.0 Å². The number of nitrogens with one attached hydrogen (secondary N) is 3. The fourth-order valence-electron chi connectivity index (χ4n) is 4.64. The molecule has 0 saturated carbocycles. The Labute approximate surface area is 297 Å². The molecule has 0 aliphatic rings. The van der Waals surface area contributed by atoms with Gasteiger partial charge in [0.25, 0.3) is 11.8 Å². The first kappa shape index (κ1) is 35.2. The second-order valence-corrected chi connectivity index (χ2v) is 13.1. The van der Waals surface area contributed by atoms with Crippen LogP contribution in [0.2, 0.25) is 5.02 Å². The van der Waals surface area contributed by atoms with E-state index >= 15 is 0 Å². The van der Waals surface area contributed by atoms with E-state index in [0.717, 1.165) is 16.2 Å². The lowest BCUT2D eigenvalue weighted by atomic mass is 10.1. The van der Waals surface area contributed by atoms with Crippen molar-refractivity contribution in [3.8, 4) is 22.8 Å². The van der Waals surface area contributed by atoms with E-state index in [1.165, 1.54) is 30.2 Å². The molecule has 4 aromatic carbocycles. The molecule has 0 saturated heterocycles. The van der Waals surface area contributed by atoms with Crippen molar-refractivity contribution in [3.63, 3.8) is 0 Å². The Kier molecular flexibility index (Phi) is 12.1. The van der Waals surface area contributed by atoms with Crippen LogP contribution < -0.4 is 25.4 Å². The van der Waals surface area contributed by atoms with E-state index in [0.29, 0.717) is 44.9 Å². The van der Waals surface area contributed by atoms with Crippen molar-refractivity contribution in [2.45, 2.75) is 23.5 Å². The number of hydrogen-bond acceptors (Lipinski definition) is 8. The van der Waals surface area contributed by atoms with E-state index in [9.17, 15) is 14.4 Å². The molecular formula is C37H33ClN4O5S2. The number of nitrogens with zero attached hydrogens (tertiary/aromatic N) is 1. The summed E-state index contributed by atoms with van der Waals surface area (Å²) in [6.07, 6.45) is 2.10. The molecular weight excluding hydrogens is 680 g/mol. The smallest absolute Gasteiger partial charge is 0.272 e. The van der Waals surface area contributed by atoms with Crippen molar-refractivity contribution < 1.29 is 23.9 Å². The number of thiazole rings is 1. The molecule has 9 nitrogen and oxygen atoms in total. The molecule has 0 aliphatic carbocycles. The van der Waals surface area contributed by atoms with Crippen molar-refractivity contribution in [2.24, 2.45) is 0 Å². The first-order valence-electron chi connectivity index (χ1n) is 15.2. The standard InChI is InChI=1S/C37H33ClN4O5S2/c1-4-33(36(45)42-37-41-31(22-48-37)23-13-16-26(38)17-14-23)49-29-12-8-11-27(20-29)39-35(44)30(40-34(43)24-9-6-5-7-10-24)19-25-15-18-28(46-2)21-32(25)47-3/h5-22,33H,4H2,1-3H3,(H,39,44)(H,40,43)(H,41,42,45)/b30-19+. The van der Waals surface area contributed by atoms with Crippen molar-refractivity contribution in [3.05, 3.63) is 124 Å². The summed E-state index contributed by atoms with van der Waals surface area (Å²) < 4.78 is 10.8. The van der Waals surface area contributed by atoms with Crippen LogP contribution in [0, 0.1) is 0 Å². The lowest BCUT2D eigenvalue weighted by molar-refractivity contribution is -0.116. The zero-order valence-corrected chi connectivity index (χ0v) is 29.2. The molecule has 0 spiro atoms. The lowest BCUT2D eigenvalue weighted by Crippen LogP contribution is -2.30. The van der Waals surface area contributed by atoms with Gasteiger partial charge < -0.3 is 25.4 Å². The zero-order valence-electron chi connectivity index (χ0n) is 26.9. The number of amides is 3. The lowest BCUT2D eigenvalue weighted by Gasteiger charge is -2.15. The van der Waals surface area contributed by atoms with Crippen LogP contribution in [-0.2, 0) is 9.59 Å². The first-order valence-corrected chi connectivity index (χ1v) is 17.3. The van der Waals surface area contributed by atoms with Crippen LogP contribution in [0.1, 0.15) is 29.3 Å². The minimum Gasteiger partial charge on any atom is -0.497 e. The number of halogens is 1. The average Bonchev–Trinajstić information content (AvgIpc) is 3.59. The number of benzene rings is 4. The van der Waals surface area contributed by atoms with E-state index in [2.05, 4.69) is 20.9 Å². The van der Waals surface area contributed by atoms with Crippen molar-refractivity contribution in [2.75, 3.05) is 24.9 Å². The largest absolute Gasteiger partial charge is 0.497 e. The quantitative estimate of drug-likeness (QED) is 0.0829. The van der Waals surface area contributed by atoms with Crippen molar-refractivity contribution in [1.29, 1.82) is 0 Å². The second-order valence-electron chi connectivity index (χ2n) is 10.5. The van der Waals surface area contributed by atoms with Crippen LogP contribution in [0.15, 0.2) is 113 Å². The molecule has 0 bridgehead atoms. The molecule has 1 unspecified atom stereocenters. The maximum Gasteiger partial charge on any atom is 0.272 e. The molecule has 0 radical (unpaired) electrons. The van der Waals surface area contributed by atoms with Crippen molar-refractivity contribution >= 4 is 69.3 Å². The maximum absolute atomic E-state index is 13.7. The summed E-state index contributed by atoms with van der Waals surface area (Å²) in [7, 11) is 3.06. The van der Waals surface area contributed by atoms with Crippen molar-refractivity contribution in [1.82, 2.24) is 10.3 Å². The van der Waals surface area contributed by atoms with Gasteiger partial charge in [-0.15, -0.1) is 23.1 Å². The van der Waals surface area contributed by atoms with E-state index < -0.39 is 17.1 Å². The molecule has 0 aliphatic heterocycles. The van der Waals surface area contributed by atoms with E-state index in [-0.39, 0.29) is 11.6 Å². The highest BCUT2D eigenvalue weighted by Crippen LogP contribution is 2.31. The SMILES string of the molecule is CCC(Sc1cccc(NC(=O)/C(=C\c2ccc(OC)cc2OC)NC(=O)c2ccccc2)c1)C(=O)Nc1nc(-c2ccc(Cl)cc2)cs1. The summed E-state index contributed by atoms with van der Waals surface area (Å²) in [5, 5.41) is 11.2. The summed E-state index contributed by atoms with van der Waals surface area (Å²) >= 11 is 8.73. The highest BCUT2D eigenvalue weighted by molar-refractivity contribution is 8.00. The van der Waals surface area contributed by atoms with Gasteiger partial charge in [0, 0.05) is 43.7 Å². The van der Waals surface area contributed by atoms with Gasteiger partial charge in [-0.1, -0.05) is 54.9 Å². The summed E-state index contributed by atoms with van der Waals surface area (Å²) in [6, 6.07) is 28.3. The number of aromatic nitrogens is 1. The third kappa shape index (κ3) is 9.50. The zero-order chi connectivity index (χ0) is 34.8. The molecule has 12 heteroatoms. The summed E-state index contributed by atoms with van der Waals surface area (Å²) in [5.41, 5.74) is 3.09. The molecule has 3 N–H and O–H groups in total. The van der Waals surface area contributed by atoms with Gasteiger partial charge in [0.2, 0.25) is 5.91 Å². The number of ether oxygens (including phenoxy) is 2. The van der Waals surface area contributed by atoms with Crippen LogP contribution >= 0.6 is 34.7 Å². The molecule has 3 amide bonds. The first-order chi connectivity index (χ1) is 23.8. The minimum atomic E-state index is -0.547. The molecule has 5 aromatic rings. The number of carbonyl (C=O) groups is 3. The highest BCUT2D eigenvalue weighted by atomic mass is 35.5. The Balaban J connectivity index is 1.31. The van der Waals surface area contributed by atoms with Gasteiger partial charge in [0.15, 0.2) is 5.13 Å². The third-order valence-corrected chi connectivity index (χ3v) is 9.54. The molecule has 49 heavy (non-hydrogen) atoms. The van der Waals surface area contributed by atoms with Crippen LogP contribution in [0.4, 0.5) is 10.8 Å². The normalized spacial score (nSPS) is 11.7. The van der Waals surface area contributed by atoms with Crippen LogP contribution in [-0.4, -0.2) is 42.2 Å². The van der Waals surface area contributed by atoms with Gasteiger partial charge in [-0.2, -0.15) is 0 Å². The van der Waals surface area contributed by atoms with Gasteiger partial charge in [-0.3, -0.25) is 14.4 Å². The van der Waals surface area contributed by atoms with Gasteiger partial charge in [0.1, 0.15) is 17.2 Å². The van der Waals surface area contributed by atoms with Gasteiger partial charge in [-0.25, -0.2) is 4.98 Å². The molecule has 0 fully saturated rings. The predicted octanol–water partition coefficient (Wildman–Crippen LogP) is 8.40. The van der Waals surface area contributed by atoms with E-state index in [1.807, 2.05) is 30.5 Å². The number of anilines is 2. The van der Waals surface area contributed by atoms with Crippen LogP contribution in [0.25, 0.3) is 17.3 Å². The maximum atomic E-state index is 13.7. The molecule has 250 valence electrons. The summed E-state index contributed by atoms with van der Waals surface area (Å²) in [6.45, 7) is 1.93. The molecule has 5 rings (SSSR count). The number of hydrogen-bond donors (Lipinski definition) is 3. The summed E-state index contributed by atoms with van der Waals surface area (Å²) in [4.78, 5) is 45.4. The minimum absolute atomic E-state index is 0.00241. The Morgan fingerprint density at radius 3 is 2.41 bits per heavy atom. The Morgan fingerprint density at radius 2 is 1.69 bits per heavy atom. The van der Waals surface area contributed by atoms with E-state index in [4.69, 9.17) is 21.1 Å². The number of carbonyl (C=O) groups excluding carboxylic acids is 3. The highest BCUT2D eigenvalue weighted by Gasteiger charge is 2.21. The van der Waals surface area contributed by atoms with Crippen LogP contribution in [0.5, 0.6) is 11.5 Å². The average molecular weight is 713 g/mol. The Morgan fingerprint density at radius 1 is 0.918 bits per heavy atom. The predicted molar refractivity (Wildman–Crippen MR) is 198 cm³/mol. The molecule has 1 atom stereocenters. The number of rotatable bonds is 13. The Bertz CT molecular complexity index is 1970. The summed E-state index contributed by atoms with van der Waals surface area (Å²) in [5.74, 6) is -0.137. The van der Waals surface area contributed by atoms with Gasteiger partial charge in [-0.05, 0) is 67.1 Å². The van der Waals surface area contributed by atoms with Gasteiger partial charge >= 0.3 is 0 Å². The number of thioether (sulfide) groups is 1. The monoisotopic (exact) mass is 712 g/mol. The fourth-order valence-corrected chi connectivity index (χ4v) is 6.50. The second kappa shape index (κ2) is 16.8. The third-order valence-electron chi connectivity index (χ3n) is 7.18. The Hall–Kier alpha value is -5.10. The van der Waals surface area contributed by atoms with Gasteiger partial charge in [0.05, 0.1) is 25.2 Å². The molecule has 1 heterocycles. The van der Waals surface area contributed by atoms with Crippen LogP contribution in [0.3, 0.4) is 0 Å². The molecule has 1 aromatic heterocycles. The fraction of sp³-hybridized carbons (Fsp3) is 0.135. The topological polar surface area (TPSA) is 119 Å².